The Kier molecular flexibility index (Phi) is 7.37. The van der Waals surface area contributed by atoms with E-state index in [1.54, 1.807) is 29.2 Å². The van der Waals surface area contributed by atoms with Crippen molar-refractivity contribution in [1.82, 2.24) is 9.80 Å². The monoisotopic (exact) mass is 482 g/mol. The number of hydrogen-bond acceptors (Lipinski definition) is 6. The first-order chi connectivity index (χ1) is 13.9. The van der Waals surface area contributed by atoms with Crippen molar-refractivity contribution in [2.75, 3.05) is 32.9 Å². The van der Waals surface area contributed by atoms with Crippen LogP contribution in [0.5, 0.6) is 5.75 Å². The van der Waals surface area contributed by atoms with Gasteiger partial charge in [0.05, 0.1) is 22.6 Å². The second-order valence-electron chi connectivity index (χ2n) is 6.78. The smallest absolute Gasteiger partial charge is 0.293 e. The lowest BCUT2D eigenvalue weighted by Crippen LogP contribution is -2.43. The van der Waals surface area contributed by atoms with Gasteiger partial charge in [-0.2, -0.15) is 0 Å². The molecule has 2 fully saturated rings. The fourth-order valence-electron chi connectivity index (χ4n) is 2.96. The maximum atomic E-state index is 12.5. The van der Waals surface area contributed by atoms with Gasteiger partial charge in [0.15, 0.2) is 6.61 Å². The summed E-state index contributed by atoms with van der Waals surface area (Å²) in [6.07, 6.45) is 2.41. The lowest BCUT2D eigenvalue weighted by molar-refractivity contribution is -0.137. The number of carbonyl (C=O) groups is 3. The van der Waals surface area contributed by atoms with E-state index in [2.05, 4.69) is 15.9 Å². The van der Waals surface area contributed by atoms with E-state index in [1.165, 1.54) is 4.90 Å². The van der Waals surface area contributed by atoms with Gasteiger partial charge in [-0.25, -0.2) is 0 Å². The summed E-state index contributed by atoms with van der Waals surface area (Å²) in [7, 11) is 0. The fourth-order valence-corrected chi connectivity index (χ4v) is 4.40. The standard InChI is InChI=1S/C20H23BrN2O5S/c1-3-13(2)23-19(25)17(29-20(23)26)11-14-4-5-16(15(21)10-14)28-12-18(24)22-6-8-27-9-7-22/h4-5,10-11,13H,3,6-9,12H2,1-2H3. The van der Waals surface area contributed by atoms with Crippen molar-refractivity contribution < 1.29 is 23.9 Å². The first-order valence-electron chi connectivity index (χ1n) is 9.45. The number of benzene rings is 1. The second kappa shape index (κ2) is 9.77. The van der Waals surface area contributed by atoms with E-state index in [9.17, 15) is 14.4 Å². The van der Waals surface area contributed by atoms with Crippen LogP contribution >= 0.6 is 27.7 Å². The number of carbonyl (C=O) groups excluding carboxylic acids is 3. The van der Waals surface area contributed by atoms with Crippen LogP contribution in [-0.4, -0.2) is 65.8 Å². The summed E-state index contributed by atoms with van der Waals surface area (Å²) in [5.41, 5.74) is 0.762. The molecule has 1 aromatic rings. The third kappa shape index (κ3) is 5.21. The summed E-state index contributed by atoms with van der Waals surface area (Å²) in [5, 5.41) is -0.240. The Morgan fingerprint density at radius 3 is 2.72 bits per heavy atom. The minimum Gasteiger partial charge on any atom is -0.483 e. The minimum atomic E-state index is -0.262. The van der Waals surface area contributed by atoms with Crippen LogP contribution in [0.2, 0.25) is 0 Å². The molecule has 0 N–H and O–H groups in total. The molecule has 2 saturated heterocycles. The molecule has 1 aromatic carbocycles. The van der Waals surface area contributed by atoms with E-state index in [1.807, 2.05) is 13.8 Å². The maximum absolute atomic E-state index is 12.5. The van der Waals surface area contributed by atoms with Gasteiger partial charge in [-0.3, -0.25) is 19.3 Å². The maximum Gasteiger partial charge on any atom is 0.293 e. The summed E-state index contributed by atoms with van der Waals surface area (Å²) in [4.78, 5) is 40.3. The van der Waals surface area contributed by atoms with E-state index in [4.69, 9.17) is 9.47 Å². The predicted octanol–water partition coefficient (Wildman–Crippen LogP) is 3.52. The quantitative estimate of drug-likeness (QED) is 0.577. The largest absolute Gasteiger partial charge is 0.483 e. The van der Waals surface area contributed by atoms with Gasteiger partial charge >= 0.3 is 0 Å². The van der Waals surface area contributed by atoms with Crippen LogP contribution in [-0.2, 0) is 14.3 Å². The summed E-state index contributed by atoms with van der Waals surface area (Å²) in [5.74, 6) is 0.196. The third-order valence-electron chi connectivity index (χ3n) is 4.82. The molecule has 0 bridgehead atoms. The molecule has 0 saturated carbocycles. The first-order valence-corrected chi connectivity index (χ1v) is 11.1. The number of imide groups is 1. The molecule has 3 rings (SSSR count). The molecule has 0 radical (unpaired) electrons. The minimum absolute atomic E-state index is 0.0499. The number of halogens is 1. The highest BCUT2D eigenvalue weighted by atomic mass is 79.9. The summed E-state index contributed by atoms with van der Waals surface area (Å²) in [6, 6.07) is 5.20. The number of nitrogens with zero attached hydrogens (tertiary/aromatic N) is 2. The van der Waals surface area contributed by atoms with Crippen molar-refractivity contribution in [2.45, 2.75) is 26.3 Å². The number of rotatable bonds is 6. The van der Waals surface area contributed by atoms with E-state index in [-0.39, 0.29) is 29.7 Å². The van der Waals surface area contributed by atoms with Crippen LogP contribution < -0.4 is 4.74 Å². The van der Waals surface area contributed by atoms with Crippen LogP contribution in [0.15, 0.2) is 27.6 Å². The molecular formula is C20H23BrN2O5S. The SMILES string of the molecule is CCC(C)N1C(=O)SC(=Cc2ccc(OCC(=O)N3CCOCC3)c(Br)c2)C1=O. The van der Waals surface area contributed by atoms with Crippen molar-refractivity contribution in [3.05, 3.63) is 33.1 Å². The highest BCUT2D eigenvalue weighted by Gasteiger charge is 2.37. The highest BCUT2D eigenvalue weighted by molar-refractivity contribution is 9.10. The average Bonchev–Trinajstić information content (AvgIpc) is 3.00. The molecule has 0 aliphatic carbocycles. The number of ether oxygens (including phenoxy) is 2. The fraction of sp³-hybridized carbons (Fsp3) is 0.450. The molecular weight excluding hydrogens is 460 g/mol. The highest BCUT2D eigenvalue weighted by Crippen LogP contribution is 2.35. The average molecular weight is 483 g/mol. The van der Waals surface area contributed by atoms with Gasteiger partial charge < -0.3 is 14.4 Å². The molecule has 1 unspecified atom stereocenters. The zero-order chi connectivity index (χ0) is 21.0. The first kappa shape index (κ1) is 21.9. The van der Waals surface area contributed by atoms with Gasteiger partial charge in [-0.1, -0.05) is 13.0 Å². The van der Waals surface area contributed by atoms with Crippen molar-refractivity contribution in [3.8, 4) is 5.75 Å². The molecule has 2 heterocycles. The lowest BCUT2D eigenvalue weighted by Gasteiger charge is -2.26. The van der Waals surface area contributed by atoms with Crippen LogP contribution in [0.1, 0.15) is 25.8 Å². The van der Waals surface area contributed by atoms with Crippen LogP contribution in [0.4, 0.5) is 4.79 Å². The van der Waals surface area contributed by atoms with Gasteiger partial charge in [0.2, 0.25) is 0 Å². The number of thioether (sulfide) groups is 1. The Labute approximate surface area is 182 Å². The Balaban J connectivity index is 1.65. The molecule has 2 aliphatic rings. The molecule has 1 atom stereocenters. The van der Waals surface area contributed by atoms with Crippen LogP contribution in [0.25, 0.3) is 6.08 Å². The lowest BCUT2D eigenvalue weighted by atomic mass is 10.2. The van der Waals surface area contributed by atoms with Gasteiger partial charge in [-0.05, 0) is 64.8 Å². The summed E-state index contributed by atoms with van der Waals surface area (Å²) < 4.78 is 11.6. The Morgan fingerprint density at radius 2 is 2.07 bits per heavy atom. The van der Waals surface area contributed by atoms with Crippen LogP contribution in [0.3, 0.4) is 0 Å². The Bertz CT molecular complexity index is 838. The molecule has 0 aromatic heterocycles. The summed E-state index contributed by atoms with van der Waals surface area (Å²) >= 11 is 4.40. The van der Waals surface area contributed by atoms with E-state index < -0.39 is 0 Å². The van der Waals surface area contributed by atoms with Gasteiger partial charge in [0.25, 0.3) is 17.1 Å². The van der Waals surface area contributed by atoms with Crippen molar-refractivity contribution in [3.63, 3.8) is 0 Å². The predicted molar refractivity (Wildman–Crippen MR) is 115 cm³/mol. The number of amides is 3. The zero-order valence-corrected chi connectivity index (χ0v) is 18.8. The molecule has 29 heavy (non-hydrogen) atoms. The topological polar surface area (TPSA) is 76.2 Å². The molecule has 2 aliphatic heterocycles. The molecule has 9 heteroatoms. The Morgan fingerprint density at radius 1 is 1.34 bits per heavy atom. The Hall–Kier alpha value is -1.84. The van der Waals surface area contributed by atoms with Gasteiger partial charge in [0, 0.05) is 19.1 Å². The zero-order valence-electron chi connectivity index (χ0n) is 16.4. The van der Waals surface area contributed by atoms with Gasteiger partial charge in [-0.15, -0.1) is 0 Å². The van der Waals surface area contributed by atoms with Crippen LogP contribution in [0, 0.1) is 0 Å². The molecule has 3 amide bonds. The normalized spacial score (nSPS) is 19.8. The van der Waals surface area contributed by atoms with Crippen molar-refractivity contribution in [1.29, 1.82) is 0 Å². The molecule has 7 nitrogen and oxygen atoms in total. The molecule has 0 spiro atoms. The van der Waals surface area contributed by atoms with Crippen molar-refractivity contribution in [2.24, 2.45) is 0 Å². The number of hydrogen-bond donors (Lipinski definition) is 0. The molecule has 156 valence electrons. The summed E-state index contributed by atoms with van der Waals surface area (Å²) in [6.45, 7) is 6.00. The van der Waals surface area contributed by atoms with E-state index >= 15 is 0 Å². The second-order valence-corrected chi connectivity index (χ2v) is 8.63. The van der Waals surface area contributed by atoms with Crippen molar-refractivity contribution >= 4 is 50.8 Å². The van der Waals surface area contributed by atoms with E-state index in [0.717, 1.165) is 17.3 Å². The van der Waals surface area contributed by atoms with Gasteiger partial charge in [0.1, 0.15) is 5.75 Å². The third-order valence-corrected chi connectivity index (χ3v) is 6.33. The van der Waals surface area contributed by atoms with E-state index in [0.29, 0.717) is 47.9 Å². The number of morpholine rings is 1.